The Morgan fingerprint density at radius 1 is 1.50 bits per heavy atom. The van der Waals surface area contributed by atoms with Gasteiger partial charge in [-0.15, -0.1) is 0 Å². The van der Waals surface area contributed by atoms with Gasteiger partial charge >= 0.3 is 0 Å². The summed E-state index contributed by atoms with van der Waals surface area (Å²) in [5.41, 5.74) is 4.67. The lowest BCUT2D eigenvalue weighted by molar-refractivity contribution is 0.540. The van der Waals surface area contributed by atoms with Crippen molar-refractivity contribution in [1.29, 1.82) is 0 Å². The van der Waals surface area contributed by atoms with Crippen LogP contribution in [0.5, 0.6) is 0 Å². The Bertz CT molecular complexity index is 541. The molecule has 0 spiro atoms. The molecule has 1 aromatic heterocycles. The topological polar surface area (TPSA) is 55.9 Å². The average Bonchev–Trinajstić information content (AvgIpc) is 2.81. The lowest BCUT2D eigenvalue weighted by Crippen LogP contribution is -2.31. The molecule has 0 fully saturated rings. The first-order valence-corrected chi connectivity index (χ1v) is 6.68. The summed E-state index contributed by atoms with van der Waals surface area (Å²) in [5, 5.41) is 4.22. The SMILES string of the molecule is CCn1nccc1C(NN)c1ccc(F)cc1I. The lowest BCUT2D eigenvalue weighted by Gasteiger charge is -2.19. The zero-order valence-corrected chi connectivity index (χ0v) is 12.1. The molecule has 0 radical (unpaired) electrons. The maximum absolute atomic E-state index is 13.1. The minimum absolute atomic E-state index is 0.194. The van der Waals surface area contributed by atoms with Gasteiger partial charge in [0, 0.05) is 16.3 Å². The van der Waals surface area contributed by atoms with Crippen LogP contribution >= 0.6 is 22.6 Å². The van der Waals surface area contributed by atoms with E-state index in [1.807, 2.05) is 17.7 Å². The molecule has 0 saturated heterocycles. The molecule has 4 nitrogen and oxygen atoms in total. The Kier molecular flexibility index (Phi) is 4.31. The van der Waals surface area contributed by atoms with Crippen LogP contribution in [0.15, 0.2) is 30.5 Å². The third kappa shape index (κ3) is 2.55. The zero-order chi connectivity index (χ0) is 13.1. The first-order valence-electron chi connectivity index (χ1n) is 5.60. The molecule has 0 aliphatic rings. The number of aryl methyl sites for hydroxylation is 1. The molecular weight excluding hydrogens is 346 g/mol. The van der Waals surface area contributed by atoms with E-state index in [4.69, 9.17) is 5.84 Å². The summed E-state index contributed by atoms with van der Waals surface area (Å²) in [7, 11) is 0. The van der Waals surface area contributed by atoms with Gasteiger partial charge in [0.2, 0.25) is 0 Å². The summed E-state index contributed by atoms with van der Waals surface area (Å²) in [6.45, 7) is 2.78. The normalized spacial score (nSPS) is 12.7. The van der Waals surface area contributed by atoms with E-state index in [2.05, 4.69) is 33.1 Å². The van der Waals surface area contributed by atoms with Gasteiger partial charge in [-0.25, -0.2) is 9.82 Å². The third-order valence-electron chi connectivity index (χ3n) is 2.78. The van der Waals surface area contributed by atoms with Crippen molar-refractivity contribution in [2.45, 2.75) is 19.5 Å². The van der Waals surface area contributed by atoms with Crippen molar-refractivity contribution in [3.05, 3.63) is 51.1 Å². The molecule has 3 N–H and O–H groups in total. The molecule has 6 heteroatoms. The van der Waals surface area contributed by atoms with Crippen LogP contribution in [0, 0.1) is 9.39 Å². The molecule has 0 saturated carbocycles. The van der Waals surface area contributed by atoms with Gasteiger partial charge in [0.05, 0.1) is 11.7 Å². The van der Waals surface area contributed by atoms with Crippen LogP contribution in [0.3, 0.4) is 0 Å². The minimum Gasteiger partial charge on any atom is -0.271 e. The van der Waals surface area contributed by atoms with E-state index < -0.39 is 0 Å². The summed E-state index contributed by atoms with van der Waals surface area (Å²) in [6.07, 6.45) is 1.74. The van der Waals surface area contributed by atoms with Gasteiger partial charge in [-0.05, 0) is 53.3 Å². The van der Waals surface area contributed by atoms with Crippen LogP contribution in [-0.2, 0) is 6.54 Å². The van der Waals surface area contributed by atoms with Crippen LogP contribution < -0.4 is 11.3 Å². The van der Waals surface area contributed by atoms with Gasteiger partial charge in [0.1, 0.15) is 5.82 Å². The van der Waals surface area contributed by atoms with E-state index in [1.54, 1.807) is 12.3 Å². The Balaban J connectivity index is 2.45. The largest absolute Gasteiger partial charge is 0.271 e. The van der Waals surface area contributed by atoms with E-state index in [9.17, 15) is 4.39 Å². The second kappa shape index (κ2) is 5.77. The Morgan fingerprint density at radius 2 is 2.28 bits per heavy atom. The number of benzene rings is 1. The van der Waals surface area contributed by atoms with Crippen LogP contribution in [0.4, 0.5) is 4.39 Å². The highest BCUT2D eigenvalue weighted by Crippen LogP contribution is 2.26. The fourth-order valence-corrected chi connectivity index (χ4v) is 2.71. The van der Waals surface area contributed by atoms with Crippen LogP contribution in [0.1, 0.15) is 24.2 Å². The van der Waals surface area contributed by atoms with Crippen molar-refractivity contribution in [2.75, 3.05) is 0 Å². The predicted molar refractivity (Wildman–Crippen MR) is 76.2 cm³/mol. The summed E-state index contributed by atoms with van der Waals surface area (Å²) in [4.78, 5) is 0. The van der Waals surface area contributed by atoms with Gasteiger partial charge in [-0.1, -0.05) is 6.07 Å². The second-order valence-electron chi connectivity index (χ2n) is 3.84. The first-order chi connectivity index (χ1) is 8.67. The Morgan fingerprint density at radius 3 is 2.89 bits per heavy atom. The van der Waals surface area contributed by atoms with E-state index in [1.165, 1.54) is 12.1 Å². The van der Waals surface area contributed by atoms with Crippen molar-refractivity contribution in [3.8, 4) is 0 Å². The van der Waals surface area contributed by atoms with E-state index in [-0.39, 0.29) is 11.9 Å². The number of hydrogen-bond donors (Lipinski definition) is 2. The molecule has 0 aliphatic heterocycles. The number of nitrogens with two attached hydrogens (primary N) is 1. The third-order valence-corrected chi connectivity index (χ3v) is 3.72. The summed E-state index contributed by atoms with van der Waals surface area (Å²) >= 11 is 2.11. The molecule has 1 unspecified atom stereocenters. The van der Waals surface area contributed by atoms with E-state index >= 15 is 0 Å². The average molecular weight is 360 g/mol. The van der Waals surface area contributed by atoms with Crippen LogP contribution in [0.25, 0.3) is 0 Å². The molecule has 0 amide bonds. The van der Waals surface area contributed by atoms with E-state index in [0.29, 0.717) is 0 Å². The second-order valence-corrected chi connectivity index (χ2v) is 5.00. The van der Waals surface area contributed by atoms with Gasteiger partial charge in [0.25, 0.3) is 0 Å². The summed E-state index contributed by atoms with van der Waals surface area (Å²) in [5.74, 6) is 5.39. The highest BCUT2D eigenvalue weighted by atomic mass is 127. The van der Waals surface area contributed by atoms with Crippen molar-refractivity contribution in [2.24, 2.45) is 5.84 Å². The molecule has 1 atom stereocenters. The van der Waals surface area contributed by atoms with Crippen molar-refractivity contribution in [3.63, 3.8) is 0 Å². The van der Waals surface area contributed by atoms with Crippen molar-refractivity contribution >= 4 is 22.6 Å². The molecule has 18 heavy (non-hydrogen) atoms. The van der Waals surface area contributed by atoms with Gasteiger partial charge < -0.3 is 0 Å². The molecule has 1 aromatic carbocycles. The molecule has 1 heterocycles. The van der Waals surface area contributed by atoms with Crippen molar-refractivity contribution in [1.82, 2.24) is 15.2 Å². The van der Waals surface area contributed by atoms with Crippen LogP contribution in [-0.4, -0.2) is 9.78 Å². The molecule has 96 valence electrons. The Hall–Kier alpha value is -0.990. The van der Waals surface area contributed by atoms with Crippen molar-refractivity contribution < 1.29 is 4.39 Å². The number of hydrazine groups is 1. The van der Waals surface area contributed by atoms with Gasteiger partial charge in [-0.2, -0.15) is 5.10 Å². The predicted octanol–water partition coefficient (Wildman–Crippen LogP) is 2.20. The molecule has 2 aromatic rings. The maximum Gasteiger partial charge on any atom is 0.124 e. The molecular formula is C12H14FIN4. The Labute approximate surface area is 118 Å². The first kappa shape index (κ1) is 13.4. The summed E-state index contributed by atoms with van der Waals surface area (Å²) in [6, 6.07) is 6.39. The molecule has 0 aliphatic carbocycles. The lowest BCUT2D eigenvalue weighted by atomic mass is 10.0. The monoisotopic (exact) mass is 360 g/mol. The van der Waals surface area contributed by atoms with Gasteiger partial charge in [-0.3, -0.25) is 10.5 Å². The molecule has 2 rings (SSSR count). The minimum atomic E-state index is -0.247. The number of hydrogen-bond acceptors (Lipinski definition) is 3. The number of rotatable bonds is 4. The fourth-order valence-electron chi connectivity index (χ4n) is 1.92. The summed E-state index contributed by atoms with van der Waals surface area (Å²) < 4.78 is 15.8. The molecule has 0 bridgehead atoms. The van der Waals surface area contributed by atoms with Crippen LogP contribution in [0.2, 0.25) is 0 Å². The highest BCUT2D eigenvalue weighted by Gasteiger charge is 2.19. The van der Waals surface area contributed by atoms with E-state index in [0.717, 1.165) is 21.4 Å². The number of nitrogens with one attached hydrogen (secondary N) is 1. The van der Waals surface area contributed by atoms with Gasteiger partial charge in [0.15, 0.2) is 0 Å². The maximum atomic E-state index is 13.1. The highest BCUT2D eigenvalue weighted by molar-refractivity contribution is 14.1. The number of halogens is 2. The fraction of sp³-hybridized carbons (Fsp3) is 0.250. The quantitative estimate of drug-likeness (QED) is 0.499. The smallest absolute Gasteiger partial charge is 0.124 e. The standard InChI is InChI=1S/C12H14FIN4/c1-2-18-11(5-6-16-18)12(17-15)9-4-3-8(13)7-10(9)14/h3-7,12,17H,2,15H2,1H3. The zero-order valence-electron chi connectivity index (χ0n) is 9.90. The number of aromatic nitrogens is 2. The number of nitrogens with zero attached hydrogens (tertiary/aromatic N) is 2.